The number of hydrogen-bond donors (Lipinski definition) is 0. The van der Waals surface area contributed by atoms with Crippen LogP contribution in [0.15, 0.2) is 24.3 Å². The first-order chi connectivity index (χ1) is 6.20. The molecule has 0 aliphatic heterocycles. The molecule has 1 unspecified atom stereocenters. The van der Waals surface area contributed by atoms with Crippen LogP contribution in [-0.2, 0) is 0 Å². The van der Waals surface area contributed by atoms with Gasteiger partial charge in [0.05, 0.1) is 0 Å². The van der Waals surface area contributed by atoms with Crippen LogP contribution in [0, 0.1) is 12.8 Å². The highest BCUT2D eigenvalue weighted by Crippen LogP contribution is 2.37. The van der Waals surface area contributed by atoms with Crippen LogP contribution in [0.25, 0.3) is 6.08 Å². The summed E-state index contributed by atoms with van der Waals surface area (Å²) >= 11 is 0. The summed E-state index contributed by atoms with van der Waals surface area (Å²) in [4.78, 5) is 0. The molecule has 0 aromatic heterocycles. The lowest BCUT2D eigenvalue weighted by Crippen LogP contribution is -2.03. The van der Waals surface area contributed by atoms with Crippen LogP contribution < -0.4 is 0 Å². The van der Waals surface area contributed by atoms with Crippen LogP contribution in [-0.4, -0.2) is 0 Å². The van der Waals surface area contributed by atoms with E-state index in [1.165, 1.54) is 16.7 Å². The van der Waals surface area contributed by atoms with Crippen LogP contribution in [0.1, 0.15) is 36.5 Å². The second-order valence-electron chi connectivity index (χ2n) is 4.21. The van der Waals surface area contributed by atoms with Crippen LogP contribution in [0.4, 0.5) is 0 Å². The quantitative estimate of drug-likeness (QED) is 0.605. The Labute approximate surface area is 80.3 Å². The Balaban J connectivity index is 2.51. The molecule has 1 aromatic rings. The average molecular weight is 172 g/mol. The Morgan fingerprint density at radius 2 is 2.00 bits per heavy atom. The largest absolute Gasteiger partial charge is 0.0761 e. The molecule has 1 aromatic carbocycles. The van der Waals surface area contributed by atoms with Gasteiger partial charge in [0.1, 0.15) is 0 Å². The van der Waals surface area contributed by atoms with Crippen LogP contribution in [0.5, 0.6) is 0 Å². The zero-order valence-electron chi connectivity index (χ0n) is 8.54. The van der Waals surface area contributed by atoms with Gasteiger partial charge in [0.25, 0.3) is 0 Å². The number of benzene rings is 1. The Hall–Kier alpha value is -1.04. The molecule has 0 heterocycles. The molecular weight excluding hydrogens is 156 g/mol. The van der Waals surface area contributed by atoms with E-state index in [1.807, 2.05) is 0 Å². The Morgan fingerprint density at radius 1 is 1.23 bits per heavy atom. The number of fused-ring (bicyclic) bond motifs is 1. The van der Waals surface area contributed by atoms with Crippen molar-refractivity contribution in [3.63, 3.8) is 0 Å². The Bertz CT molecular complexity index is 345. The van der Waals surface area contributed by atoms with E-state index in [9.17, 15) is 0 Å². The molecular formula is C13H16. The maximum absolute atomic E-state index is 2.34. The predicted molar refractivity (Wildman–Crippen MR) is 57.8 cm³/mol. The standard InChI is InChI=1S/C13H16/c1-9(2)12-8-7-11-6-4-5-10(3)13(11)12/h4-9,12H,1-3H3. The minimum atomic E-state index is 0.635. The molecule has 0 N–H and O–H groups in total. The first-order valence-corrected chi connectivity index (χ1v) is 4.98. The van der Waals surface area contributed by atoms with Gasteiger partial charge in [-0.3, -0.25) is 0 Å². The summed E-state index contributed by atoms with van der Waals surface area (Å²) in [6, 6.07) is 6.56. The van der Waals surface area contributed by atoms with Crippen molar-refractivity contribution in [2.45, 2.75) is 26.7 Å². The molecule has 0 bridgehead atoms. The van der Waals surface area contributed by atoms with Gasteiger partial charge in [-0.2, -0.15) is 0 Å². The van der Waals surface area contributed by atoms with E-state index in [-0.39, 0.29) is 0 Å². The van der Waals surface area contributed by atoms with Crippen LogP contribution in [0.2, 0.25) is 0 Å². The van der Waals surface area contributed by atoms with E-state index in [2.05, 4.69) is 51.1 Å². The second kappa shape index (κ2) is 3.02. The third kappa shape index (κ3) is 1.31. The van der Waals surface area contributed by atoms with Gasteiger partial charge < -0.3 is 0 Å². The number of hydrogen-bond acceptors (Lipinski definition) is 0. The summed E-state index contributed by atoms with van der Waals surface area (Å²) in [6.07, 6.45) is 4.59. The maximum atomic E-state index is 2.34. The summed E-state index contributed by atoms with van der Waals surface area (Å²) in [6.45, 7) is 6.79. The summed E-state index contributed by atoms with van der Waals surface area (Å²) < 4.78 is 0. The summed E-state index contributed by atoms with van der Waals surface area (Å²) in [5, 5.41) is 0. The van der Waals surface area contributed by atoms with Crippen molar-refractivity contribution in [3.05, 3.63) is 41.0 Å². The fourth-order valence-electron chi connectivity index (χ4n) is 2.16. The van der Waals surface area contributed by atoms with Gasteiger partial charge in [0.15, 0.2) is 0 Å². The summed E-state index contributed by atoms with van der Waals surface area (Å²) in [7, 11) is 0. The molecule has 0 fully saturated rings. The number of aryl methyl sites for hydroxylation is 1. The van der Waals surface area contributed by atoms with Gasteiger partial charge >= 0.3 is 0 Å². The maximum Gasteiger partial charge on any atom is 0.00528 e. The van der Waals surface area contributed by atoms with Crippen molar-refractivity contribution < 1.29 is 0 Å². The second-order valence-corrected chi connectivity index (χ2v) is 4.21. The van der Waals surface area contributed by atoms with Gasteiger partial charge in [-0.05, 0) is 29.5 Å². The molecule has 0 spiro atoms. The minimum absolute atomic E-state index is 0.635. The number of rotatable bonds is 1. The molecule has 0 saturated carbocycles. The van der Waals surface area contributed by atoms with Gasteiger partial charge in [-0.15, -0.1) is 0 Å². The molecule has 0 heteroatoms. The summed E-state index contributed by atoms with van der Waals surface area (Å²) in [5.74, 6) is 1.34. The van der Waals surface area contributed by atoms with Gasteiger partial charge in [0, 0.05) is 5.92 Å². The third-order valence-electron chi connectivity index (χ3n) is 2.89. The highest BCUT2D eigenvalue weighted by atomic mass is 14.3. The lowest BCUT2D eigenvalue weighted by atomic mass is 9.88. The van der Waals surface area contributed by atoms with Crippen molar-refractivity contribution in [2.75, 3.05) is 0 Å². The van der Waals surface area contributed by atoms with Crippen molar-refractivity contribution in [1.82, 2.24) is 0 Å². The Morgan fingerprint density at radius 3 is 2.69 bits per heavy atom. The molecule has 1 aliphatic carbocycles. The third-order valence-corrected chi connectivity index (χ3v) is 2.89. The van der Waals surface area contributed by atoms with Crippen molar-refractivity contribution in [3.8, 4) is 0 Å². The van der Waals surface area contributed by atoms with E-state index in [1.54, 1.807) is 0 Å². The molecule has 0 saturated heterocycles. The van der Waals surface area contributed by atoms with E-state index in [0.29, 0.717) is 11.8 Å². The fraction of sp³-hybridized carbons (Fsp3) is 0.385. The fourth-order valence-corrected chi connectivity index (χ4v) is 2.16. The van der Waals surface area contributed by atoms with E-state index >= 15 is 0 Å². The van der Waals surface area contributed by atoms with Crippen LogP contribution in [0.3, 0.4) is 0 Å². The van der Waals surface area contributed by atoms with Crippen LogP contribution >= 0.6 is 0 Å². The molecule has 2 rings (SSSR count). The monoisotopic (exact) mass is 172 g/mol. The molecule has 0 radical (unpaired) electrons. The van der Waals surface area contributed by atoms with Gasteiger partial charge in [-0.25, -0.2) is 0 Å². The molecule has 0 nitrogen and oxygen atoms in total. The zero-order chi connectivity index (χ0) is 9.42. The van der Waals surface area contributed by atoms with E-state index < -0.39 is 0 Å². The molecule has 1 aliphatic rings. The SMILES string of the molecule is Cc1cccc2c1C(C(C)C)C=C2. The Kier molecular flexibility index (Phi) is 1.99. The van der Waals surface area contributed by atoms with Gasteiger partial charge in [0.2, 0.25) is 0 Å². The van der Waals surface area contributed by atoms with Crippen molar-refractivity contribution >= 4 is 6.08 Å². The number of allylic oxidation sites excluding steroid dienone is 1. The highest BCUT2D eigenvalue weighted by molar-refractivity contribution is 5.64. The first-order valence-electron chi connectivity index (χ1n) is 4.98. The van der Waals surface area contributed by atoms with Gasteiger partial charge in [-0.1, -0.05) is 44.2 Å². The van der Waals surface area contributed by atoms with E-state index in [4.69, 9.17) is 0 Å². The predicted octanol–water partition coefficient (Wildman–Crippen LogP) is 3.76. The first kappa shape index (κ1) is 8.55. The molecule has 1 atom stereocenters. The molecule has 13 heavy (non-hydrogen) atoms. The smallest absolute Gasteiger partial charge is 0.00528 e. The normalized spacial score (nSPS) is 19.5. The molecule has 68 valence electrons. The zero-order valence-corrected chi connectivity index (χ0v) is 8.54. The highest BCUT2D eigenvalue weighted by Gasteiger charge is 2.21. The van der Waals surface area contributed by atoms with Crippen molar-refractivity contribution in [2.24, 2.45) is 5.92 Å². The minimum Gasteiger partial charge on any atom is -0.0761 e. The van der Waals surface area contributed by atoms with Crippen molar-refractivity contribution in [1.29, 1.82) is 0 Å². The average Bonchev–Trinajstić information content (AvgIpc) is 2.49. The summed E-state index contributed by atoms with van der Waals surface area (Å²) in [5.41, 5.74) is 4.39. The lowest BCUT2D eigenvalue weighted by Gasteiger charge is -2.17. The molecule has 0 amide bonds. The lowest BCUT2D eigenvalue weighted by molar-refractivity contribution is 0.582. The topological polar surface area (TPSA) is 0 Å². The van der Waals surface area contributed by atoms with E-state index in [0.717, 1.165) is 0 Å².